The molecule has 3 aliphatic rings. The van der Waals surface area contributed by atoms with Gasteiger partial charge in [0.15, 0.2) is 12.2 Å². The number of nitrogens with zero attached hydrogens (tertiary/aromatic N) is 5. The fraction of sp³-hybridized carbons (Fsp3) is 0.476. The first-order valence-electron chi connectivity index (χ1n) is 9.76. The Bertz CT molecular complexity index is 933. The summed E-state index contributed by atoms with van der Waals surface area (Å²) in [6.45, 7) is 8.70. The van der Waals surface area contributed by atoms with E-state index in [4.69, 9.17) is 9.73 Å². The summed E-state index contributed by atoms with van der Waals surface area (Å²) in [5.74, 6) is 0.463. The Morgan fingerprint density at radius 2 is 1.69 bits per heavy atom. The monoisotopic (exact) mass is 397 g/mol. The number of methoxy groups -OCH3 is 1. The lowest BCUT2D eigenvalue weighted by Gasteiger charge is -2.40. The van der Waals surface area contributed by atoms with Crippen LogP contribution in [-0.4, -0.2) is 72.1 Å². The number of imide groups is 1. The van der Waals surface area contributed by atoms with Crippen LogP contribution in [0.2, 0.25) is 0 Å². The minimum absolute atomic E-state index is 0.230. The van der Waals surface area contributed by atoms with Gasteiger partial charge in [-0.25, -0.2) is 9.79 Å². The fourth-order valence-electron chi connectivity index (χ4n) is 4.39. The summed E-state index contributed by atoms with van der Waals surface area (Å²) in [4.78, 5) is 37.8. The van der Waals surface area contributed by atoms with Gasteiger partial charge in [-0.1, -0.05) is 6.07 Å². The summed E-state index contributed by atoms with van der Waals surface area (Å²) >= 11 is 0. The van der Waals surface area contributed by atoms with Crippen LogP contribution in [0.3, 0.4) is 0 Å². The molecule has 2 unspecified atom stereocenters. The molecule has 8 heteroatoms. The largest absolute Gasteiger partial charge is 0.383 e. The van der Waals surface area contributed by atoms with E-state index >= 15 is 0 Å². The third-order valence-electron chi connectivity index (χ3n) is 5.88. The minimum atomic E-state index is -0.560. The first-order valence-corrected chi connectivity index (χ1v) is 9.76. The highest BCUT2D eigenvalue weighted by Gasteiger charge is 2.55. The number of ether oxygens (including phenoxy) is 1. The van der Waals surface area contributed by atoms with E-state index < -0.39 is 12.2 Å². The normalized spacial score (nSPS) is 23.9. The smallest absolute Gasteiger partial charge is 0.328 e. The molecule has 0 radical (unpaired) electrons. The van der Waals surface area contributed by atoms with Crippen LogP contribution in [0.4, 0.5) is 10.5 Å². The summed E-state index contributed by atoms with van der Waals surface area (Å²) < 4.78 is 5.09. The third kappa shape index (κ3) is 2.81. The lowest BCUT2D eigenvalue weighted by molar-refractivity contribution is -0.137. The number of benzene rings is 1. The average molecular weight is 397 g/mol. The molecule has 0 N–H and O–H groups in total. The van der Waals surface area contributed by atoms with Gasteiger partial charge in [0.2, 0.25) is 5.96 Å². The standard InChI is InChI=1S/C21H27N5O3/c1-12-9-13(2)11-16(10-12)25-14(3)15(4)26-17-18(22-20(25)26)23(5)21(28)24(19(17)27)7-8-29-6/h9-11,17-18H,7-8H2,1-6H3. The number of hydrogen-bond acceptors (Lipinski definition) is 6. The van der Waals surface area contributed by atoms with E-state index in [-0.39, 0.29) is 18.5 Å². The number of guanidine groups is 1. The Balaban J connectivity index is 1.76. The molecule has 1 saturated heterocycles. The average Bonchev–Trinajstić information content (AvgIpc) is 3.15. The van der Waals surface area contributed by atoms with Gasteiger partial charge >= 0.3 is 6.03 Å². The molecule has 0 bridgehead atoms. The van der Waals surface area contributed by atoms with Gasteiger partial charge in [-0.05, 0) is 51.0 Å². The van der Waals surface area contributed by atoms with Gasteiger partial charge in [-0.15, -0.1) is 0 Å². The van der Waals surface area contributed by atoms with Crippen molar-refractivity contribution in [1.29, 1.82) is 0 Å². The summed E-state index contributed by atoms with van der Waals surface area (Å²) in [6.07, 6.45) is -0.541. The van der Waals surface area contributed by atoms with Crippen LogP contribution in [0.15, 0.2) is 34.6 Å². The molecule has 0 aromatic heterocycles. The van der Waals surface area contributed by atoms with Crippen LogP contribution in [0.1, 0.15) is 25.0 Å². The van der Waals surface area contributed by atoms with Crippen molar-refractivity contribution >= 4 is 23.6 Å². The Morgan fingerprint density at radius 1 is 1.03 bits per heavy atom. The van der Waals surface area contributed by atoms with Crippen LogP contribution in [0.5, 0.6) is 0 Å². The number of fused-ring (bicyclic) bond motifs is 3. The van der Waals surface area contributed by atoms with Crippen molar-refractivity contribution in [2.24, 2.45) is 4.99 Å². The molecular formula is C21H27N5O3. The summed E-state index contributed by atoms with van der Waals surface area (Å²) in [5.41, 5.74) is 5.33. The molecule has 0 aliphatic carbocycles. The highest BCUT2D eigenvalue weighted by molar-refractivity contribution is 6.10. The molecule has 1 aromatic rings. The highest BCUT2D eigenvalue weighted by atomic mass is 16.5. The number of aliphatic imine (C=N–C) groups is 1. The number of likely N-dealkylation sites (N-methyl/N-ethyl adjacent to an activating group) is 1. The third-order valence-corrected chi connectivity index (χ3v) is 5.88. The summed E-state index contributed by atoms with van der Waals surface area (Å²) in [6, 6.07) is 5.45. The Morgan fingerprint density at radius 3 is 2.31 bits per heavy atom. The fourth-order valence-corrected chi connectivity index (χ4v) is 4.39. The number of aryl methyl sites for hydroxylation is 2. The van der Waals surface area contributed by atoms with Crippen molar-refractivity contribution in [3.63, 3.8) is 0 Å². The van der Waals surface area contributed by atoms with Crippen LogP contribution in [0, 0.1) is 13.8 Å². The van der Waals surface area contributed by atoms with Crippen molar-refractivity contribution < 1.29 is 14.3 Å². The molecule has 0 spiro atoms. The molecule has 29 heavy (non-hydrogen) atoms. The van der Waals surface area contributed by atoms with E-state index in [2.05, 4.69) is 36.9 Å². The molecule has 2 atom stereocenters. The Kier molecular flexibility index (Phi) is 4.61. The van der Waals surface area contributed by atoms with Crippen molar-refractivity contribution in [3.8, 4) is 0 Å². The molecule has 1 fully saturated rings. The molecule has 1 aromatic carbocycles. The van der Waals surface area contributed by atoms with Gasteiger partial charge in [0, 0.05) is 31.2 Å². The maximum absolute atomic E-state index is 13.3. The molecule has 8 nitrogen and oxygen atoms in total. The lowest BCUT2D eigenvalue weighted by atomic mass is 10.1. The maximum Gasteiger partial charge on any atom is 0.328 e. The zero-order valence-corrected chi connectivity index (χ0v) is 17.8. The van der Waals surface area contributed by atoms with Crippen molar-refractivity contribution in [2.45, 2.75) is 39.9 Å². The van der Waals surface area contributed by atoms with E-state index in [1.54, 1.807) is 19.1 Å². The number of allylic oxidation sites excluding steroid dienone is 2. The van der Waals surface area contributed by atoms with E-state index in [1.807, 2.05) is 18.7 Å². The predicted octanol–water partition coefficient (Wildman–Crippen LogP) is 2.28. The minimum Gasteiger partial charge on any atom is -0.383 e. The zero-order chi connectivity index (χ0) is 21.0. The molecule has 4 rings (SSSR count). The zero-order valence-electron chi connectivity index (χ0n) is 17.8. The topological polar surface area (TPSA) is 68.7 Å². The predicted molar refractivity (Wildman–Crippen MR) is 110 cm³/mol. The summed E-state index contributed by atoms with van der Waals surface area (Å²) in [5, 5.41) is 0. The number of rotatable bonds is 4. The van der Waals surface area contributed by atoms with E-state index in [1.165, 1.54) is 4.90 Å². The Hall–Kier alpha value is -2.87. The first-order chi connectivity index (χ1) is 13.8. The van der Waals surface area contributed by atoms with Gasteiger partial charge in [-0.2, -0.15) is 0 Å². The number of anilines is 1. The summed E-state index contributed by atoms with van der Waals surface area (Å²) in [7, 11) is 3.26. The first kappa shape index (κ1) is 19.4. The van der Waals surface area contributed by atoms with Gasteiger partial charge < -0.3 is 9.64 Å². The van der Waals surface area contributed by atoms with E-state index in [0.717, 1.165) is 28.2 Å². The van der Waals surface area contributed by atoms with Crippen molar-refractivity contribution in [2.75, 3.05) is 32.2 Å². The van der Waals surface area contributed by atoms with Gasteiger partial charge in [-0.3, -0.25) is 19.5 Å². The number of amides is 3. The molecule has 3 amide bonds. The molecule has 3 aliphatic heterocycles. The van der Waals surface area contributed by atoms with Gasteiger partial charge in [0.05, 0.1) is 13.2 Å². The second-order valence-electron chi connectivity index (χ2n) is 7.89. The Labute approximate surface area is 171 Å². The van der Waals surface area contributed by atoms with Crippen molar-refractivity contribution in [1.82, 2.24) is 14.7 Å². The van der Waals surface area contributed by atoms with Crippen molar-refractivity contribution in [3.05, 3.63) is 40.7 Å². The number of hydrogen-bond donors (Lipinski definition) is 0. The SMILES string of the molecule is COCCN1C(=O)C2C(N=C3N(c4cc(C)cc(C)c4)C(C)=C(C)N32)N(C)C1=O. The van der Waals surface area contributed by atoms with E-state index in [9.17, 15) is 9.59 Å². The van der Waals surface area contributed by atoms with Crippen LogP contribution < -0.4 is 4.90 Å². The number of carbonyl (C=O) groups is 2. The molecule has 154 valence electrons. The van der Waals surface area contributed by atoms with Crippen LogP contribution >= 0.6 is 0 Å². The van der Waals surface area contributed by atoms with Crippen LogP contribution in [-0.2, 0) is 9.53 Å². The maximum atomic E-state index is 13.3. The lowest BCUT2D eigenvalue weighted by Crippen LogP contribution is -2.65. The van der Waals surface area contributed by atoms with Crippen LogP contribution in [0.25, 0.3) is 0 Å². The molecule has 3 heterocycles. The number of carbonyl (C=O) groups excluding carboxylic acids is 2. The molecular weight excluding hydrogens is 370 g/mol. The van der Waals surface area contributed by atoms with Gasteiger partial charge in [0.1, 0.15) is 0 Å². The van der Waals surface area contributed by atoms with Gasteiger partial charge in [0.25, 0.3) is 5.91 Å². The highest BCUT2D eigenvalue weighted by Crippen LogP contribution is 2.40. The second kappa shape index (κ2) is 6.88. The number of urea groups is 1. The molecule has 0 saturated carbocycles. The quantitative estimate of drug-likeness (QED) is 0.780. The van der Waals surface area contributed by atoms with E-state index in [0.29, 0.717) is 12.6 Å². The second-order valence-corrected chi connectivity index (χ2v) is 7.89.